The molecule has 0 bridgehead atoms. The molecule has 0 fully saturated rings. The van der Waals surface area contributed by atoms with Crippen molar-refractivity contribution in [3.63, 3.8) is 0 Å². The Balaban J connectivity index is 2.06. The number of anilines is 1. The summed E-state index contributed by atoms with van der Waals surface area (Å²) < 4.78 is 0. The van der Waals surface area contributed by atoms with E-state index in [-0.39, 0.29) is 5.92 Å². The molecule has 1 aromatic heterocycles. The number of benzene rings is 1. The van der Waals surface area contributed by atoms with Gasteiger partial charge in [0.25, 0.3) is 0 Å². The molecule has 2 N–H and O–H groups in total. The molecule has 0 saturated carbocycles. The average molecular weight is 285 g/mol. The van der Waals surface area contributed by atoms with Crippen molar-refractivity contribution in [1.82, 2.24) is 9.97 Å². The van der Waals surface area contributed by atoms with Gasteiger partial charge >= 0.3 is 0 Å². The van der Waals surface area contributed by atoms with Crippen LogP contribution < -0.4 is 5.32 Å². The fourth-order valence-corrected chi connectivity index (χ4v) is 2.14. The van der Waals surface area contributed by atoms with Gasteiger partial charge in [0, 0.05) is 24.2 Å². The lowest BCUT2D eigenvalue weighted by Gasteiger charge is -2.14. The molecule has 112 valence electrons. The summed E-state index contributed by atoms with van der Waals surface area (Å²) in [5, 5.41) is 13.4. The number of rotatable bonds is 5. The van der Waals surface area contributed by atoms with Gasteiger partial charge in [-0.1, -0.05) is 43.7 Å². The summed E-state index contributed by atoms with van der Waals surface area (Å²) in [4.78, 5) is 8.90. The molecule has 21 heavy (non-hydrogen) atoms. The second-order valence-corrected chi connectivity index (χ2v) is 5.72. The highest BCUT2D eigenvalue weighted by Crippen LogP contribution is 2.17. The van der Waals surface area contributed by atoms with E-state index in [4.69, 9.17) is 0 Å². The van der Waals surface area contributed by atoms with Gasteiger partial charge in [0.15, 0.2) is 0 Å². The Morgan fingerprint density at radius 1 is 1.14 bits per heavy atom. The number of aromatic nitrogens is 2. The minimum Gasteiger partial charge on any atom is -0.387 e. The first-order valence-corrected chi connectivity index (χ1v) is 7.30. The standard InChI is InChI=1S/C17H23N3O/c1-11(2)17-19-13(4)9-16(20-17)18-10-15(21)14-7-5-6-12(3)8-14/h5-9,11,15,21H,10H2,1-4H3,(H,18,19,20). The molecule has 0 saturated heterocycles. The van der Waals surface area contributed by atoms with Crippen molar-refractivity contribution in [3.05, 3.63) is 53.0 Å². The molecule has 0 aliphatic heterocycles. The highest BCUT2D eigenvalue weighted by molar-refractivity contribution is 5.37. The Morgan fingerprint density at radius 2 is 1.90 bits per heavy atom. The maximum absolute atomic E-state index is 10.2. The van der Waals surface area contributed by atoms with Crippen LogP contribution in [0.4, 0.5) is 5.82 Å². The van der Waals surface area contributed by atoms with E-state index in [1.807, 2.05) is 44.2 Å². The van der Waals surface area contributed by atoms with Crippen LogP contribution in [0.25, 0.3) is 0 Å². The minimum atomic E-state index is -0.553. The second kappa shape index (κ2) is 6.68. The molecule has 0 radical (unpaired) electrons. The lowest BCUT2D eigenvalue weighted by molar-refractivity contribution is 0.191. The molecule has 0 amide bonds. The Kier molecular flexibility index (Phi) is 4.91. The Bertz CT molecular complexity index is 611. The molecule has 2 aromatic rings. The van der Waals surface area contributed by atoms with Gasteiger partial charge in [0.05, 0.1) is 6.10 Å². The van der Waals surface area contributed by atoms with Crippen LogP contribution in [-0.4, -0.2) is 21.6 Å². The fourth-order valence-electron chi connectivity index (χ4n) is 2.14. The van der Waals surface area contributed by atoms with Gasteiger partial charge in [0.2, 0.25) is 0 Å². The topological polar surface area (TPSA) is 58.0 Å². The Labute approximate surface area is 126 Å². The first-order valence-electron chi connectivity index (χ1n) is 7.30. The molecular formula is C17H23N3O. The fraction of sp³-hybridized carbons (Fsp3) is 0.412. The number of aliphatic hydroxyl groups excluding tert-OH is 1. The molecule has 0 aliphatic rings. The molecule has 2 rings (SSSR count). The summed E-state index contributed by atoms with van der Waals surface area (Å²) in [7, 11) is 0. The molecule has 1 heterocycles. The van der Waals surface area contributed by atoms with Crippen LogP contribution in [0.2, 0.25) is 0 Å². The summed E-state index contributed by atoms with van der Waals surface area (Å²) in [6, 6.07) is 9.81. The van der Waals surface area contributed by atoms with Crippen LogP contribution in [0.5, 0.6) is 0 Å². The lowest BCUT2D eigenvalue weighted by Crippen LogP contribution is -2.14. The number of hydrogen-bond acceptors (Lipinski definition) is 4. The highest BCUT2D eigenvalue weighted by Gasteiger charge is 2.10. The molecular weight excluding hydrogens is 262 g/mol. The normalized spacial score (nSPS) is 12.5. The third-order valence-corrected chi connectivity index (χ3v) is 3.29. The van der Waals surface area contributed by atoms with Crippen molar-refractivity contribution in [1.29, 1.82) is 0 Å². The minimum absolute atomic E-state index is 0.284. The molecule has 4 nitrogen and oxygen atoms in total. The zero-order chi connectivity index (χ0) is 15.4. The maximum Gasteiger partial charge on any atom is 0.133 e. The van der Waals surface area contributed by atoms with Crippen molar-refractivity contribution in [2.24, 2.45) is 0 Å². The first-order chi connectivity index (χ1) is 9.95. The molecule has 0 aliphatic carbocycles. The van der Waals surface area contributed by atoms with Gasteiger partial charge in [-0.05, 0) is 19.4 Å². The number of aryl methyl sites for hydroxylation is 2. The van der Waals surface area contributed by atoms with Crippen molar-refractivity contribution in [3.8, 4) is 0 Å². The van der Waals surface area contributed by atoms with Crippen LogP contribution in [0.15, 0.2) is 30.3 Å². The van der Waals surface area contributed by atoms with E-state index in [0.717, 1.165) is 28.5 Å². The van der Waals surface area contributed by atoms with Crippen LogP contribution >= 0.6 is 0 Å². The van der Waals surface area contributed by atoms with Crippen LogP contribution in [0.1, 0.15) is 48.5 Å². The first kappa shape index (κ1) is 15.4. The van der Waals surface area contributed by atoms with Gasteiger partial charge in [-0.2, -0.15) is 0 Å². The molecule has 4 heteroatoms. The highest BCUT2D eigenvalue weighted by atomic mass is 16.3. The predicted octanol–water partition coefficient (Wildman–Crippen LogP) is 3.36. The smallest absolute Gasteiger partial charge is 0.133 e. The molecule has 1 unspecified atom stereocenters. The maximum atomic E-state index is 10.2. The zero-order valence-corrected chi connectivity index (χ0v) is 13.1. The van der Waals surface area contributed by atoms with Gasteiger partial charge in [0.1, 0.15) is 11.6 Å². The summed E-state index contributed by atoms with van der Waals surface area (Å²) in [6.45, 7) is 8.54. The van der Waals surface area contributed by atoms with E-state index in [2.05, 4.69) is 29.1 Å². The number of aliphatic hydroxyl groups is 1. The van der Waals surface area contributed by atoms with Crippen LogP contribution in [0.3, 0.4) is 0 Å². The summed E-state index contributed by atoms with van der Waals surface area (Å²) >= 11 is 0. The average Bonchev–Trinajstić information content (AvgIpc) is 2.44. The predicted molar refractivity (Wildman–Crippen MR) is 85.5 cm³/mol. The lowest BCUT2D eigenvalue weighted by atomic mass is 10.1. The van der Waals surface area contributed by atoms with E-state index in [1.54, 1.807) is 0 Å². The third kappa shape index (κ3) is 4.26. The molecule has 1 atom stereocenters. The van der Waals surface area contributed by atoms with Crippen molar-refractivity contribution in [2.75, 3.05) is 11.9 Å². The number of nitrogens with one attached hydrogen (secondary N) is 1. The van der Waals surface area contributed by atoms with E-state index < -0.39 is 6.10 Å². The van der Waals surface area contributed by atoms with Gasteiger partial charge in [-0.25, -0.2) is 9.97 Å². The van der Waals surface area contributed by atoms with E-state index in [0.29, 0.717) is 6.54 Å². The summed E-state index contributed by atoms with van der Waals surface area (Å²) in [6.07, 6.45) is -0.553. The monoisotopic (exact) mass is 285 g/mol. The molecule has 0 spiro atoms. The van der Waals surface area contributed by atoms with Gasteiger partial charge < -0.3 is 10.4 Å². The Morgan fingerprint density at radius 3 is 2.57 bits per heavy atom. The SMILES string of the molecule is Cc1cccc(C(O)CNc2cc(C)nc(C(C)C)n2)c1. The van der Waals surface area contributed by atoms with Crippen molar-refractivity contribution < 1.29 is 5.11 Å². The van der Waals surface area contributed by atoms with Crippen molar-refractivity contribution in [2.45, 2.75) is 39.7 Å². The summed E-state index contributed by atoms with van der Waals surface area (Å²) in [5.41, 5.74) is 2.99. The third-order valence-electron chi connectivity index (χ3n) is 3.29. The molecule has 1 aromatic carbocycles. The zero-order valence-electron chi connectivity index (χ0n) is 13.1. The van der Waals surface area contributed by atoms with Gasteiger partial charge in [-0.3, -0.25) is 0 Å². The number of hydrogen-bond donors (Lipinski definition) is 2. The van der Waals surface area contributed by atoms with Crippen molar-refractivity contribution >= 4 is 5.82 Å². The second-order valence-electron chi connectivity index (χ2n) is 5.72. The van der Waals surface area contributed by atoms with E-state index >= 15 is 0 Å². The summed E-state index contributed by atoms with van der Waals surface area (Å²) in [5.74, 6) is 1.87. The number of nitrogens with zero attached hydrogens (tertiary/aromatic N) is 2. The van der Waals surface area contributed by atoms with Crippen LogP contribution in [0, 0.1) is 13.8 Å². The van der Waals surface area contributed by atoms with Crippen LogP contribution in [-0.2, 0) is 0 Å². The quantitative estimate of drug-likeness (QED) is 0.884. The Hall–Kier alpha value is -1.94. The largest absolute Gasteiger partial charge is 0.387 e. The van der Waals surface area contributed by atoms with E-state index in [9.17, 15) is 5.11 Å². The van der Waals surface area contributed by atoms with E-state index in [1.165, 1.54) is 0 Å². The van der Waals surface area contributed by atoms with Gasteiger partial charge in [-0.15, -0.1) is 0 Å².